The smallest absolute Gasteiger partial charge is 0.248 e. The summed E-state index contributed by atoms with van der Waals surface area (Å²) in [4.78, 5) is 12.1. The lowest BCUT2D eigenvalue weighted by Crippen LogP contribution is -2.33. The van der Waals surface area contributed by atoms with E-state index in [2.05, 4.69) is 5.32 Å². The van der Waals surface area contributed by atoms with Crippen LogP contribution in [0.15, 0.2) is 59.5 Å². The number of carbonyl (C=O) groups excluding carboxylic acids is 1. The predicted molar refractivity (Wildman–Crippen MR) is 101 cm³/mol. The lowest BCUT2D eigenvalue weighted by molar-refractivity contribution is -0.111. The van der Waals surface area contributed by atoms with Gasteiger partial charge >= 0.3 is 0 Å². The fraction of sp³-hybridized carbons (Fsp3) is 0.211. The molecular formula is C19H21FN2O3S. The highest BCUT2D eigenvalue weighted by atomic mass is 32.2. The molecule has 7 heteroatoms. The first kappa shape index (κ1) is 19.8. The number of benzene rings is 2. The average Bonchev–Trinajstić information content (AvgIpc) is 2.61. The van der Waals surface area contributed by atoms with Crippen LogP contribution in [-0.2, 0) is 14.8 Å². The number of halogens is 1. The monoisotopic (exact) mass is 376 g/mol. The number of rotatable bonds is 6. The van der Waals surface area contributed by atoms with Crippen LogP contribution in [0.4, 0.5) is 10.1 Å². The summed E-state index contributed by atoms with van der Waals surface area (Å²) in [6.45, 7) is 3.58. The molecule has 0 aliphatic rings. The fourth-order valence-corrected chi connectivity index (χ4v) is 3.45. The summed E-state index contributed by atoms with van der Waals surface area (Å²) >= 11 is 0. The van der Waals surface area contributed by atoms with Gasteiger partial charge in [0.25, 0.3) is 0 Å². The second-order valence-corrected chi connectivity index (χ2v) is 8.01. The quantitative estimate of drug-likeness (QED) is 0.785. The maximum Gasteiger partial charge on any atom is 0.248 e. The van der Waals surface area contributed by atoms with Gasteiger partial charge in [0.05, 0.1) is 4.90 Å². The van der Waals surface area contributed by atoms with Crippen molar-refractivity contribution < 1.29 is 17.6 Å². The summed E-state index contributed by atoms with van der Waals surface area (Å²) in [5.41, 5.74) is 1.17. The Labute approximate surface area is 153 Å². The van der Waals surface area contributed by atoms with Crippen LogP contribution in [0, 0.1) is 5.82 Å². The molecule has 0 heterocycles. The standard InChI is InChI=1S/C19H21FN2O3S/c1-14(2)22(3)26(24,25)18-11-9-17(10-12-18)21-19(23)13-6-15-4-7-16(20)8-5-15/h4-14H,1-3H3,(H,21,23)/b13-6+. The van der Waals surface area contributed by atoms with Crippen LogP contribution in [0.5, 0.6) is 0 Å². The van der Waals surface area contributed by atoms with Crippen LogP contribution in [0.2, 0.25) is 0 Å². The maximum absolute atomic E-state index is 12.8. The Kier molecular flexibility index (Phi) is 6.28. The van der Waals surface area contributed by atoms with E-state index in [0.717, 1.165) is 0 Å². The number of hydrogen-bond acceptors (Lipinski definition) is 3. The van der Waals surface area contributed by atoms with E-state index in [0.29, 0.717) is 11.3 Å². The van der Waals surface area contributed by atoms with Gasteiger partial charge in [-0.25, -0.2) is 12.8 Å². The van der Waals surface area contributed by atoms with E-state index in [1.165, 1.54) is 53.8 Å². The predicted octanol–water partition coefficient (Wildman–Crippen LogP) is 3.51. The van der Waals surface area contributed by atoms with E-state index < -0.39 is 10.0 Å². The van der Waals surface area contributed by atoms with E-state index in [4.69, 9.17) is 0 Å². The molecule has 0 aliphatic heterocycles. The summed E-state index contributed by atoms with van der Waals surface area (Å²) < 4.78 is 38.9. The van der Waals surface area contributed by atoms with E-state index in [9.17, 15) is 17.6 Å². The van der Waals surface area contributed by atoms with Gasteiger partial charge in [-0.1, -0.05) is 12.1 Å². The Morgan fingerprint density at radius 2 is 1.65 bits per heavy atom. The molecule has 26 heavy (non-hydrogen) atoms. The van der Waals surface area contributed by atoms with Gasteiger partial charge in [-0.3, -0.25) is 4.79 Å². The fourth-order valence-electron chi connectivity index (χ4n) is 2.08. The van der Waals surface area contributed by atoms with Crippen LogP contribution in [-0.4, -0.2) is 31.7 Å². The van der Waals surface area contributed by atoms with Crippen molar-refractivity contribution in [3.8, 4) is 0 Å². The number of amides is 1. The Balaban J connectivity index is 2.04. The van der Waals surface area contributed by atoms with Gasteiger partial charge < -0.3 is 5.32 Å². The third-order valence-corrected chi connectivity index (χ3v) is 5.87. The van der Waals surface area contributed by atoms with Gasteiger partial charge in [-0.2, -0.15) is 4.31 Å². The van der Waals surface area contributed by atoms with Crippen LogP contribution < -0.4 is 5.32 Å². The van der Waals surface area contributed by atoms with Crippen molar-refractivity contribution in [2.75, 3.05) is 12.4 Å². The number of hydrogen-bond donors (Lipinski definition) is 1. The van der Waals surface area contributed by atoms with Crippen molar-refractivity contribution in [2.45, 2.75) is 24.8 Å². The normalized spacial score (nSPS) is 12.1. The molecule has 5 nitrogen and oxygen atoms in total. The Morgan fingerprint density at radius 1 is 1.08 bits per heavy atom. The molecule has 0 unspecified atom stereocenters. The van der Waals surface area contributed by atoms with Gasteiger partial charge in [-0.05, 0) is 61.9 Å². The Hall–Kier alpha value is -2.51. The molecule has 0 aliphatic carbocycles. The van der Waals surface area contributed by atoms with Crippen LogP contribution in [0.3, 0.4) is 0 Å². The maximum atomic E-state index is 12.8. The minimum Gasteiger partial charge on any atom is -0.323 e. The molecule has 0 saturated carbocycles. The molecule has 0 bridgehead atoms. The lowest BCUT2D eigenvalue weighted by atomic mass is 10.2. The summed E-state index contributed by atoms with van der Waals surface area (Å²) in [5.74, 6) is -0.714. The topological polar surface area (TPSA) is 66.5 Å². The van der Waals surface area contributed by atoms with Crippen molar-refractivity contribution in [3.63, 3.8) is 0 Å². The first-order chi connectivity index (χ1) is 12.2. The molecular weight excluding hydrogens is 355 g/mol. The SMILES string of the molecule is CC(C)N(C)S(=O)(=O)c1ccc(NC(=O)/C=C/c2ccc(F)cc2)cc1. The molecule has 0 radical (unpaired) electrons. The van der Waals surface area contributed by atoms with Crippen molar-refractivity contribution in [2.24, 2.45) is 0 Å². The van der Waals surface area contributed by atoms with Gasteiger partial charge in [0.2, 0.25) is 15.9 Å². The number of nitrogens with zero attached hydrogens (tertiary/aromatic N) is 1. The Morgan fingerprint density at radius 3 is 2.19 bits per heavy atom. The van der Waals surface area contributed by atoms with Crippen LogP contribution >= 0.6 is 0 Å². The van der Waals surface area contributed by atoms with Gasteiger partial charge in [0.1, 0.15) is 5.82 Å². The first-order valence-electron chi connectivity index (χ1n) is 8.03. The van der Waals surface area contributed by atoms with Gasteiger partial charge in [0, 0.05) is 24.9 Å². The van der Waals surface area contributed by atoms with Gasteiger partial charge in [0.15, 0.2) is 0 Å². The minimum absolute atomic E-state index is 0.157. The molecule has 0 spiro atoms. The molecule has 2 aromatic rings. The molecule has 0 atom stereocenters. The van der Waals surface area contributed by atoms with E-state index in [-0.39, 0.29) is 22.7 Å². The minimum atomic E-state index is -3.56. The summed E-state index contributed by atoms with van der Waals surface area (Å²) in [6.07, 6.45) is 2.88. The zero-order valence-electron chi connectivity index (χ0n) is 14.8. The molecule has 0 saturated heterocycles. The highest BCUT2D eigenvalue weighted by Gasteiger charge is 2.22. The molecule has 1 amide bonds. The lowest BCUT2D eigenvalue weighted by Gasteiger charge is -2.21. The van der Waals surface area contributed by atoms with Crippen molar-refractivity contribution in [1.82, 2.24) is 4.31 Å². The van der Waals surface area contributed by atoms with E-state index >= 15 is 0 Å². The molecule has 2 rings (SSSR count). The Bertz CT molecular complexity index is 889. The highest BCUT2D eigenvalue weighted by molar-refractivity contribution is 7.89. The zero-order valence-corrected chi connectivity index (χ0v) is 15.6. The third-order valence-electron chi connectivity index (χ3n) is 3.82. The zero-order chi connectivity index (χ0) is 19.3. The van der Waals surface area contributed by atoms with Crippen LogP contribution in [0.25, 0.3) is 6.08 Å². The summed E-state index contributed by atoms with van der Waals surface area (Å²) in [7, 11) is -2.03. The molecule has 138 valence electrons. The summed E-state index contributed by atoms with van der Waals surface area (Å²) in [5, 5.41) is 2.65. The van der Waals surface area contributed by atoms with E-state index in [1.54, 1.807) is 32.1 Å². The third kappa shape index (κ3) is 5.00. The number of carbonyl (C=O) groups is 1. The second-order valence-electron chi connectivity index (χ2n) is 6.01. The van der Waals surface area contributed by atoms with Crippen molar-refractivity contribution >= 4 is 27.7 Å². The largest absolute Gasteiger partial charge is 0.323 e. The average molecular weight is 376 g/mol. The highest BCUT2D eigenvalue weighted by Crippen LogP contribution is 2.19. The molecule has 2 aromatic carbocycles. The second kappa shape index (κ2) is 8.25. The molecule has 0 fully saturated rings. The van der Waals surface area contributed by atoms with Gasteiger partial charge in [-0.15, -0.1) is 0 Å². The van der Waals surface area contributed by atoms with E-state index in [1.807, 2.05) is 0 Å². The van der Waals surface area contributed by atoms with Crippen molar-refractivity contribution in [1.29, 1.82) is 0 Å². The number of nitrogens with one attached hydrogen (secondary N) is 1. The number of anilines is 1. The first-order valence-corrected chi connectivity index (χ1v) is 9.47. The molecule has 0 aromatic heterocycles. The number of sulfonamides is 1. The summed E-state index contributed by atoms with van der Waals surface area (Å²) in [6, 6.07) is 11.6. The van der Waals surface area contributed by atoms with Crippen LogP contribution in [0.1, 0.15) is 19.4 Å². The van der Waals surface area contributed by atoms with Crippen molar-refractivity contribution in [3.05, 3.63) is 66.0 Å². The molecule has 1 N–H and O–H groups in total.